The van der Waals surface area contributed by atoms with E-state index in [9.17, 15) is 4.79 Å². The molecule has 1 aliphatic rings. The highest BCUT2D eigenvalue weighted by Gasteiger charge is 2.26. The number of hydrogen-bond acceptors (Lipinski definition) is 5. The van der Waals surface area contributed by atoms with Gasteiger partial charge in [-0.15, -0.1) is 0 Å². The Kier molecular flexibility index (Phi) is 6.68. The van der Waals surface area contributed by atoms with Crippen molar-refractivity contribution in [3.8, 4) is 17.2 Å². The number of ether oxygens (including phenoxy) is 3. The lowest BCUT2D eigenvalue weighted by atomic mass is 10.2. The summed E-state index contributed by atoms with van der Waals surface area (Å²) in [4.78, 5) is 12.2. The summed E-state index contributed by atoms with van der Waals surface area (Å²) >= 11 is 0. The van der Waals surface area contributed by atoms with Crippen molar-refractivity contribution in [1.82, 2.24) is 5.43 Å². The van der Waals surface area contributed by atoms with Gasteiger partial charge in [-0.2, -0.15) is 5.10 Å². The van der Waals surface area contributed by atoms with Crippen LogP contribution in [0.2, 0.25) is 0 Å². The Morgan fingerprint density at radius 2 is 1.96 bits per heavy atom. The standard InChI is InChI=1S/C21H24N2O4/c1-2-3-6-13-25-17-11-9-16(10-12-17)14-22-23-21(24)20-15-26-18-7-4-5-8-19(18)27-20/h4-5,7-12,14,20H,2-3,6,13,15H2,1H3,(H,23,24)/b22-14+. The van der Waals surface area contributed by atoms with Crippen LogP contribution in [-0.2, 0) is 4.79 Å². The van der Waals surface area contributed by atoms with Gasteiger partial charge in [0.25, 0.3) is 5.91 Å². The van der Waals surface area contributed by atoms with Gasteiger partial charge in [0.1, 0.15) is 12.4 Å². The van der Waals surface area contributed by atoms with Crippen molar-refractivity contribution in [1.29, 1.82) is 0 Å². The third-order valence-corrected chi connectivity index (χ3v) is 4.09. The van der Waals surface area contributed by atoms with Crippen LogP contribution in [0.25, 0.3) is 0 Å². The van der Waals surface area contributed by atoms with Gasteiger partial charge in [0.15, 0.2) is 11.5 Å². The second-order valence-electron chi connectivity index (χ2n) is 6.22. The SMILES string of the molecule is CCCCCOc1ccc(/C=N/NC(=O)C2COc3ccccc3O2)cc1. The molecule has 142 valence electrons. The smallest absolute Gasteiger partial charge is 0.284 e. The predicted octanol–water partition coefficient (Wildman–Crippen LogP) is 3.55. The van der Waals surface area contributed by atoms with Crippen LogP contribution in [0, 0.1) is 0 Å². The van der Waals surface area contributed by atoms with Crippen molar-refractivity contribution in [2.24, 2.45) is 5.10 Å². The van der Waals surface area contributed by atoms with E-state index in [-0.39, 0.29) is 12.5 Å². The molecule has 0 saturated carbocycles. The lowest BCUT2D eigenvalue weighted by Crippen LogP contribution is -2.42. The second kappa shape index (κ2) is 9.62. The predicted molar refractivity (Wildman–Crippen MR) is 104 cm³/mol. The van der Waals surface area contributed by atoms with Gasteiger partial charge in [0.05, 0.1) is 12.8 Å². The van der Waals surface area contributed by atoms with Gasteiger partial charge >= 0.3 is 0 Å². The van der Waals surface area contributed by atoms with Crippen LogP contribution in [-0.4, -0.2) is 31.4 Å². The summed E-state index contributed by atoms with van der Waals surface area (Å²) in [5.41, 5.74) is 3.35. The number of hydrazone groups is 1. The number of benzene rings is 2. The van der Waals surface area contributed by atoms with E-state index in [1.54, 1.807) is 18.3 Å². The fourth-order valence-corrected chi connectivity index (χ4v) is 2.58. The number of nitrogens with one attached hydrogen (secondary N) is 1. The van der Waals surface area contributed by atoms with E-state index in [1.807, 2.05) is 36.4 Å². The molecule has 2 aromatic carbocycles. The van der Waals surface area contributed by atoms with Gasteiger partial charge in [0, 0.05) is 0 Å². The normalized spacial score (nSPS) is 15.5. The summed E-state index contributed by atoms with van der Waals surface area (Å²) in [6, 6.07) is 14.8. The van der Waals surface area contributed by atoms with E-state index < -0.39 is 6.10 Å². The van der Waals surface area contributed by atoms with E-state index >= 15 is 0 Å². The molecule has 0 saturated heterocycles. The van der Waals surface area contributed by atoms with E-state index in [1.165, 1.54) is 12.8 Å². The number of para-hydroxylation sites is 2. The zero-order chi connectivity index (χ0) is 18.9. The fraction of sp³-hybridized carbons (Fsp3) is 0.333. The number of hydrogen-bond donors (Lipinski definition) is 1. The topological polar surface area (TPSA) is 69.2 Å². The van der Waals surface area contributed by atoms with Crippen molar-refractivity contribution in [2.45, 2.75) is 32.3 Å². The van der Waals surface area contributed by atoms with Crippen molar-refractivity contribution in [2.75, 3.05) is 13.2 Å². The summed E-state index contributed by atoms with van der Waals surface area (Å²) in [7, 11) is 0. The van der Waals surface area contributed by atoms with Crippen LogP contribution < -0.4 is 19.6 Å². The summed E-state index contributed by atoms with van der Waals surface area (Å²) in [5, 5.41) is 3.99. The maximum atomic E-state index is 12.2. The highest BCUT2D eigenvalue weighted by Crippen LogP contribution is 2.30. The van der Waals surface area contributed by atoms with Gasteiger partial charge in [-0.25, -0.2) is 5.43 Å². The minimum absolute atomic E-state index is 0.155. The Morgan fingerprint density at radius 3 is 2.74 bits per heavy atom. The third-order valence-electron chi connectivity index (χ3n) is 4.09. The molecule has 1 amide bonds. The molecular weight excluding hydrogens is 344 g/mol. The molecule has 1 atom stereocenters. The van der Waals surface area contributed by atoms with E-state index in [2.05, 4.69) is 17.5 Å². The Morgan fingerprint density at radius 1 is 1.19 bits per heavy atom. The van der Waals surface area contributed by atoms with Crippen LogP contribution in [0.1, 0.15) is 31.7 Å². The summed E-state index contributed by atoms with van der Waals surface area (Å²) < 4.78 is 16.8. The first-order chi connectivity index (χ1) is 13.3. The molecule has 6 heteroatoms. The monoisotopic (exact) mass is 368 g/mol. The van der Waals surface area contributed by atoms with Crippen molar-refractivity contribution in [3.05, 3.63) is 54.1 Å². The number of unbranched alkanes of at least 4 members (excludes halogenated alkanes) is 2. The van der Waals surface area contributed by atoms with Crippen LogP contribution in [0.3, 0.4) is 0 Å². The second-order valence-corrected chi connectivity index (χ2v) is 6.22. The lowest BCUT2D eigenvalue weighted by molar-refractivity contribution is -0.130. The minimum atomic E-state index is -0.726. The van der Waals surface area contributed by atoms with E-state index in [0.29, 0.717) is 11.5 Å². The number of amides is 1. The quantitative estimate of drug-likeness (QED) is 0.440. The maximum absolute atomic E-state index is 12.2. The zero-order valence-corrected chi connectivity index (χ0v) is 15.4. The van der Waals surface area contributed by atoms with Crippen LogP contribution in [0.5, 0.6) is 17.2 Å². The molecule has 6 nitrogen and oxygen atoms in total. The zero-order valence-electron chi connectivity index (χ0n) is 15.4. The maximum Gasteiger partial charge on any atom is 0.284 e. The van der Waals surface area contributed by atoms with Gasteiger partial charge in [-0.05, 0) is 48.4 Å². The number of fused-ring (bicyclic) bond motifs is 1. The van der Waals surface area contributed by atoms with Crippen LogP contribution in [0.4, 0.5) is 0 Å². The average molecular weight is 368 g/mol. The molecule has 0 fully saturated rings. The highest BCUT2D eigenvalue weighted by molar-refractivity contribution is 5.85. The number of nitrogens with zero attached hydrogens (tertiary/aromatic N) is 1. The van der Waals surface area contributed by atoms with Gasteiger partial charge in [0.2, 0.25) is 6.10 Å². The highest BCUT2D eigenvalue weighted by atomic mass is 16.6. The summed E-state index contributed by atoms with van der Waals surface area (Å²) in [6.45, 7) is 3.05. The lowest BCUT2D eigenvalue weighted by Gasteiger charge is -2.24. The molecule has 1 unspecified atom stereocenters. The fourth-order valence-electron chi connectivity index (χ4n) is 2.58. The minimum Gasteiger partial charge on any atom is -0.494 e. The molecule has 1 N–H and O–H groups in total. The molecule has 27 heavy (non-hydrogen) atoms. The Balaban J connectivity index is 1.45. The molecular formula is C21H24N2O4. The number of carbonyl (C=O) groups is 1. The molecule has 0 spiro atoms. The molecule has 0 radical (unpaired) electrons. The number of rotatable bonds is 8. The Hall–Kier alpha value is -3.02. The van der Waals surface area contributed by atoms with Gasteiger partial charge < -0.3 is 14.2 Å². The molecule has 3 rings (SSSR count). The van der Waals surface area contributed by atoms with Crippen molar-refractivity contribution >= 4 is 12.1 Å². The Labute approximate surface area is 159 Å². The molecule has 0 aromatic heterocycles. The molecule has 1 aliphatic heterocycles. The van der Waals surface area contributed by atoms with Crippen molar-refractivity contribution in [3.63, 3.8) is 0 Å². The summed E-state index contributed by atoms with van der Waals surface area (Å²) in [6.07, 6.45) is 4.26. The molecule has 1 heterocycles. The average Bonchev–Trinajstić information content (AvgIpc) is 2.72. The van der Waals surface area contributed by atoms with Gasteiger partial charge in [-0.3, -0.25) is 4.79 Å². The van der Waals surface area contributed by atoms with E-state index in [4.69, 9.17) is 14.2 Å². The molecule has 0 bridgehead atoms. The number of carbonyl (C=O) groups excluding carboxylic acids is 1. The first kappa shape index (κ1) is 18.8. The van der Waals surface area contributed by atoms with Crippen LogP contribution >= 0.6 is 0 Å². The van der Waals surface area contributed by atoms with Crippen LogP contribution in [0.15, 0.2) is 53.6 Å². The first-order valence-corrected chi connectivity index (χ1v) is 9.20. The van der Waals surface area contributed by atoms with Crippen molar-refractivity contribution < 1.29 is 19.0 Å². The largest absolute Gasteiger partial charge is 0.494 e. The molecule has 0 aliphatic carbocycles. The summed E-state index contributed by atoms with van der Waals surface area (Å²) in [5.74, 6) is 1.68. The van der Waals surface area contributed by atoms with E-state index in [0.717, 1.165) is 24.3 Å². The third kappa shape index (κ3) is 5.48. The first-order valence-electron chi connectivity index (χ1n) is 9.20. The van der Waals surface area contributed by atoms with Gasteiger partial charge in [-0.1, -0.05) is 31.9 Å². The molecule has 2 aromatic rings. The Bertz CT molecular complexity index is 774.